The molecule has 1 N–H and O–H groups in total. The van der Waals surface area contributed by atoms with Crippen molar-refractivity contribution in [1.82, 2.24) is 5.32 Å². The zero-order valence-electron chi connectivity index (χ0n) is 10.3. The maximum atomic E-state index is 13.2. The molecule has 1 aromatic rings. The van der Waals surface area contributed by atoms with Gasteiger partial charge in [0.1, 0.15) is 5.82 Å². The highest BCUT2D eigenvalue weighted by Gasteiger charge is 2.06. The highest BCUT2D eigenvalue weighted by Crippen LogP contribution is 2.08. The summed E-state index contributed by atoms with van der Waals surface area (Å²) in [5.41, 5.74) is 0.891. The number of hydrogen-bond donors (Lipinski definition) is 1. The van der Waals surface area contributed by atoms with Crippen LogP contribution in [0.5, 0.6) is 0 Å². The molecule has 94 valence electrons. The van der Waals surface area contributed by atoms with Crippen molar-refractivity contribution in [3.05, 3.63) is 35.1 Å². The van der Waals surface area contributed by atoms with Crippen molar-refractivity contribution in [1.29, 1.82) is 0 Å². The van der Waals surface area contributed by atoms with Gasteiger partial charge in [0.05, 0.1) is 0 Å². The second kappa shape index (κ2) is 7.01. The average molecular weight is 239 g/mol. The summed E-state index contributed by atoms with van der Waals surface area (Å²) in [4.78, 5) is 11.6. The van der Waals surface area contributed by atoms with Crippen LogP contribution in [0.25, 0.3) is 0 Å². The van der Waals surface area contributed by atoms with Crippen molar-refractivity contribution in [2.45, 2.75) is 20.3 Å². The molecule has 1 aromatic carbocycles. The van der Waals surface area contributed by atoms with Crippen molar-refractivity contribution in [2.75, 3.05) is 19.8 Å². The number of benzene rings is 1. The fraction of sp³-hybridized carbons (Fsp3) is 0.462. The predicted octanol–water partition coefficient (Wildman–Crippen LogP) is 2.29. The van der Waals surface area contributed by atoms with E-state index in [0.29, 0.717) is 30.9 Å². The fourth-order valence-corrected chi connectivity index (χ4v) is 1.36. The van der Waals surface area contributed by atoms with Crippen LogP contribution in [0.15, 0.2) is 18.2 Å². The van der Waals surface area contributed by atoms with Crippen LogP contribution in [0.2, 0.25) is 0 Å². The highest BCUT2D eigenvalue weighted by atomic mass is 19.1. The number of carbonyl (C=O) groups is 1. The van der Waals surface area contributed by atoms with Gasteiger partial charge in [0, 0.05) is 25.3 Å². The molecule has 0 aromatic heterocycles. The molecule has 0 aliphatic heterocycles. The average Bonchev–Trinajstić information content (AvgIpc) is 2.32. The Hall–Kier alpha value is -1.42. The first-order chi connectivity index (χ1) is 8.15. The molecular weight excluding hydrogens is 221 g/mol. The summed E-state index contributed by atoms with van der Waals surface area (Å²) in [5.74, 6) is -0.604. The number of nitrogens with one attached hydrogen (secondary N) is 1. The van der Waals surface area contributed by atoms with Gasteiger partial charge in [-0.05, 0) is 38.0 Å². The molecule has 0 aliphatic rings. The molecule has 0 fully saturated rings. The summed E-state index contributed by atoms with van der Waals surface area (Å²) in [5, 5.41) is 2.72. The number of ether oxygens (including phenoxy) is 1. The van der Waals surface area contributed by atoms with E-state index in [1.54, 1.807) is 19.1 Å². The van der Waals surface area contributed by atoms with E-state index in [0.717, 1.165) is 6.42 Å². The van der Waals surface area contributed by atoms with Gasteiger partial charge in [0.15, 0.2) is 0 Å². The lowest BCUT2D eigenvalue weighted by molar-refractivity contribution is 0.0944. The van der Waals surface area contributed by atoms with Gasteiger partial charge in [-0.2, -0.15) is 0 Å². The van der Waals surface area contributed by atoms with Gasteiger partial charge in [-0.25, -0.2) is 4.39 Å². The van der Waals surface area contributed by atoms with E-state index < -0.39 is 0 Å². The van der Waals surface area contributed by atoms with E-state index in [1.165, 1.54) is 6.07 Å². The Bertz CT molecular complexity index is 380. The van der Waals surface area contributed by atoms with Crippen LogP contribution in [0.3, 0.4) is 0 Å². The van der Waals surface area contributed by atoms with Crippen LogP contribution in [-0.2, 0) is 4.74 Å². The summed E-state index contributed by atoms with van der Waals surface area (Å²) in [6.07, 6.45) is 0.758. The third-order valence-corrected chi connectivity index (χ3v) is 2.39. The van der Waals surface area contributed by atoms with Crippen LogP contribution < -0.4 is 5.32 Å². The van der Waals surface area contributed by atoms with Crippen LogP contribution in [0.1, 0.15) is 29.3 Å². The molecule has 0 saturated heterocycles. The van der Waals surface area contributed by atoms with E-state index in [-0.39, 0.29) is 11.7 Å². The zero-order chi connectivity index (χ0) is 12.7. The summed E-state index contributed by atoms with van der Waals surface area (Å²) in [6.45, 7) is 5.43. The van der Waals surface area contributed by atoms with E-state index in [4.69, 9.17) is 4.74 Å². The maximum Gasteiger partial charge on any atom is 0.251 e. The Kier molecular flexibility index (Phi) is 5.63. The monoisotopic (exact) mass is 239 g/mol. The molecule has 0 radical (unpaired) electrons. The van der Waals surface area contributed by atoms with Gasteiger partial charge in [0.25, 0.3) is 5.91 Å². The molecule has 0 bridgehead atoms. The van der Waals surface area contributed by atoms with Crippen molar-refractivity contribution in [2.24, 2.45) is 0 Å². The van der Waals surface area contributed by atoms with Crippen LogP contribution >= 0.6 is 0 Å². The maximum absolute atomic E-state index is 13.2. The summed E-state index contributed by atoms with van der Waals surface area (Å²) in [7, 11) is 0. The van der Waals surface area contributed by atoms with Crippen LogP contribution in [-0.4, -0.2) is 25.7 Å². The van der Waals surface area contributed by atoms with Crippen molar-refractivity contribution < 1.29 is 13.9 Å². The number of carbonyl (C=O) groups excluding carboxylic acids is 1. The molecule has 0 saturated carbocycles. The summed E-state index contributed by atoms with van der Waals surface area (Å²) in [6, 6.07) is 4.48. The third-order valence-electron chi connectivity index (χ3n) is 2.39. The molecule has 3 nitrogen and oxygen atoms in total. The Morgan fingerprint density at radius 2 is 2.24 bits per heavy atom. The van der Waals surface area contributed by atoms with Gasteiger partial charge in [-0.1, -0.05) is 6.07 Å². The minimum atomic E-state index is -0.355. The molecule has 4 heteroatoms. The molecule has 0 heterocycles. The first kappa shape index (κ1) is 13.6. The quantitative estimate of drug-likeness (QED) is 0.773. The lowest BCUT2D eigenvalue weighted by Crippen LogP contribution is -2.25. The molecule has 0 unspecified atom stereocenters. The van der Waals surface area contributed by atoms with Crippen LogP contribution in [0.4, 0.5) is 4.39 Å². The third kappa shape index (κ3) is 4.53. The van der Waals surface area contributed by atoms with Crippen molar-refractivity contribution in [3.8, 4) is 0 Å². The van der Waals surface area contributed by atoms with Gasteiger partial charge in [-0.15, -0.1) is 0 Å². The molecule has 1 amide bonds. The molecule has 1 rings (SSSR count). The lowest BCUT2D eigenvalue weighted by atomic mass is 10.1. The van der Waals surface area contributed by atoms with Crippen molar-refractivity contribution >= 4 is 5.91 Å². The van der Waals surface area contributed by atoms with Gasteiger partial charge < -0.3 is 10.1 Å². The predicted molar refractivity (Wildman–Crippen MR) is 64.6 cm³/mol. The van der Waals surface area contributed by atoms with E-state index in [2.05, 4.69) is 5.32 Å². The lowest BCUT2D eigenvalue weighted by Gasteiger charge is -2.06. The Balaban J connectivity index is 2.39. The van der Waals surface area contributed by atoms with Crippen molar-refractivity contribution in [3.63, 3.8) is 0 Å². The minimum Gasteiger partial charge on any atom is -0.382 e. The SMILES string of the molecule is CCOCCCNC(=O)c1ccc(C)c(F)c1. The summed E-state index contributed by atoms with van der Waals surface area (Å²) >= 11 is 0. The Morgan fingerprint density at radius 3 is 2.88 bits per heavy atom. The van der Waals surface area contributed by atoms with Crippen LogP contribution in [0, 0.1) is 12.7 Å². The number of hydrogen-bond acceptors (Lipinski definition) is 2. The Labute approximate surface area is 101 Å². The number of aryl methyl sites for hydroxylation is 1. The molecule has 0 spiro atoms. The molecular formula is C13H18FNO2. The molecule has 17 heavy (non-hydrogen) atoms. The minimum absolute atomic E-state index is 0.250. The standard InChI is InChI=1S/C13H18FNO2/c1-3-17-8-4-7-15-13(16)11-6-5-10(2)12(14)9-11/h5-6,9H,3-4,7-8H2,1-2H3,(H,15,16). The zero-order valence-corrected chi connectivity index (χ0v) is 10.3. The first-order valence-corrected chi connectivity index (χ1v) is 5.77. The van der Waals surface area contributed by atoms with Gasteiger partial charge in [-0.3, -0.25) is 4.79 Å². The number of halogens is 1. The summed E-state index contributed by atoms with van der Waals surface area (Å²) < 4.78 is 18.4. The first-order valence-electron chi connectivity index (χ1n) is 5.77. The van der Waals surface area contributed by atoms with E-state index in [1.807, 2.05) is 6.92 Å². The molecule has 0 atom stereocenters. The highest BCUT2D eigenvalue weighted by molar-refractivity contribution is 5.94. The van der Waals surface area contributed by atoms with E-state index in [9.17, 15) is 9.18 Å². The topological polar surface area (TPSA) is 38.3 Å². The number of rotatable bonds is 6. The Morgan fingerprint density at radius 1 is 1.47 bits per heavy atom. The van der Waals surface area contributed by atoms with Gasteiger partial charge >= 0.3 is 0 Å². The molecule has 0 aliphatic carbocycles. The number of amides is 1. The second-order valence-electron chi connectivity index (χ2n) is 3.77. The van der Waals surface area contributed by atoms with Gasteiger partial charge in [0.2, 0.25) is 0 Å². The normalized spacial score (nSPS) is 10.3. The smallest absolute Gasteiger partial charge is 0.251 e. The van der Waals surface area contributed by atoms with E-state index >= 15 is 0 Å². The fourth-order valence-electron chi connectivity index (χ4n) is 1.36. The second-order valence-corrected chi connectivity index (χ2v) is 3.77. The largest absolute Gasteiger partial charge is 0.382 e.